The van der Waals surface area contributed by atoms with Crippen LogP contribution >= 0.6 is 11.6 Å². The van der Waals surface area contributed by atoms with Gasteiger partial charge in [-0.25, -0.2) is 8.78 Å². The van der Waals surface area contributed by atoms with Gasteiger partial charge in [-0.2, -0.15) is 0 Å². The van der Waals surface area contributed by atoms with E-state index < -0.39 is 47.8 Å². The lowest BCUT2D eigenvalue weighted by Gasteiger charge is -2.45. The molecule has 0 unspecified atom stereocenters. The molecule has 1 aromatic carbocycles. The number of alkyl halides is 2. The van der Waals surface area contributed by atoms with Crippen molar-refractivity contribution in [3.05, 3.63) is 51.3 Å². The van der Waals surface area contributed by atoms with Gasteiger partial charge in [0.05, 0.1) is 11.3 Å². The Hall–Kier alpha value is -3.27. The average molecular weight is 507 g/mol. The Morgan fingerprint density at radius 2 is 1.80 bits per heavy atom. The second-order valence-corrected chi connectivity index (χ2v) is 9.53. The largest absolute Gasteiger partial charge is 0.357 e. The van der Waals surface area contributed by atoms with Gasteiger partial charge in [0.25, 0.3) is 23.5 Å². The predicted octanol–water partition coefficient (Wildman–Crippen LogP) is 3.17. The number of nitrogens with one attached hydrogen (secondary N) is 3. The summed E-state index contributed by atoms with van der Waals surface area (Å²) in [4.78, 5) is 51.4. The molecule has 2 aromatic rings. The van der Waals surface area contributed by atoms with Gasteiger partial charge in [-0.05, 0) is 49.9 Å². The van der Waals surface area contributed by atoms with Crippen molar-refractivity contribution in [2.24, 2.45) is 0 Å². The van der Waals surface area contributed by atoms with Crippen LogP contribution in [0.5, 0.6) is 0 Å². The van der Waals surface area contributed by atoms with Gasteiger partial charge in [0.1, 0.15) is 5.54 Å². The van der Waals surface area contributed by atoms with Gasteiger partial charge in [-0.3, -0.25) is 19.2 Å². The molecule has 2 heterocycles. The van der Waals surface area contributed by atoms with E-state index in [4.69, 9.17) is 11.6 Å². The number of amides is 3. The number of likely N-dealkylation sites (N-methyl/N-ethyl adjacent to an activating group) is 1. The van der Waals surface area contributed by atoms with E-state index in [0.29, 0.717) is 41.4 Å². The number of aryl methyl sites for hydroxylation is 1. The van der Waals surface area contributed by atoms with Crippen molar-refractivity contribution >= 4 is 40.8 Å². The first-order valence-corrected chi connectivity index (χ1v) is 11.5. The monoisotopic (exact) mass is 506 g/mol. The van der Waals surface area contributed by atoms with Crippen LogP contribution in [0.4, 0.5) is 14.5 Å². The lowest BCUT2D eigenvalue weighted by atomic mass is 9.72. The molecule has 4 rings (SSSR count). The fourth-order valence-corrected chi connectivity index (χ4v) is 5.12. The summed E-state index contributed by atoms with van der Waals surface area (Å²) in [6.45, 7) is 3.82. The summed E-state index contributed by atoms with van der Waals surface area (Å²) in [5.41, 5.74) is 0.695. The molecular formula is C24H25ClF2N4O4. The number of Topliss-reactive ketones (excluding diaryl/α,β-unsaturated/α-hetero) is 1. The van der Waals surface area contributed by atoms with Gasteiger partial charge in [0, 0.05) is 42.8 Å². The van der Waals surface area contributed by atoms with Crippen LogP contribution in [-0.4, -0.2) is 46.6 Å². The zero-order valence-electron chi connectivity index (χ0n) is 19.5. The lowest BCUT2D eigenvalue weighted by Crippen LogP contribution is -2.69. The zero-order valence-corrected chi connectivity index (χ0v) is 20.2. The number of benzene rings is 1. The first-order valence-electron chi connectivity index (χ1n) is 11.2. The highest BCUT2D eigenvalue weighted by Gasteiger charge is 2.62. The number of halogens is 3. The van der Waals surface area contributed by atoms with Crippen LogP contribution in [0.1, 0.15) is 56.9 Å². The minimum absolute atomic E-state index is 0.0141. The smallest absolute Gasteiger partial charge is 0.294 e. The first-order chi connectivity index (χ1) is 16.4. The van der Waals surface area contributed by atoms with E-state index in [0.717, 1.165) is 5.56 Å². The Morgan fingerprint density at radius 1 is 1.11 bits per heavy atom. The maximum absolute atomic E-state index is 13.6. The summed E-state index contributed by atoms with van der Waals surface area (Å²) >= 11 is 6.15. The Bertz CT molecular complexity index is 1260. The molecule has 35 heavy (non-hydrogen) atoms. The molecule has 0 bridgehead atoms. The van der Waals surface area contributed by atoms with Crippen LogP contribution in [-0.2, 0) is 22.6 Å². The molecule has 186 valence electrons. The van der Waals surface area contributed by atoms with E-state index >= 15 is 0 Å². The minimum Gasteiger partial charge on any atom is -0.357 e. The highest BCUT2D eigenvalue weighted by Crippen LogP contribution is 2.45. The Labute approximate surface area is 205 Å². The van der Waals surface area contributed by atoms with Crippen LogP contribution in [0.3, 0.4) is 0 Å². The van der Waals surface area contributed by atoms with Crippen molar-refractivity contribution in [3.8, 4) is 0 Å². The molecule has 2 aliphatic rings. The molecule has 11 heteroatoms. The summed E-state index contributed by atoms with van der Waals surface area (Å²) in [6.07, 6.45) is -0.586. The standard InChI is InChI=1S/C24H25ClF2N4O4/c1-12-6-7-14(9-15(12)25)29-20(33)17-13(2)18(31-8-4-5-16(17)31)19(32)21(34)30-23(22(35)28-3)10-24(26,27)11-23/h6-7,9H,4-5,8,10-11H2,1-3H3,(H,28,35)(H,29,33)(H,30,34). The van der Waals surface area contributed by atoms with Gasteiger partial charge < -0.3 is 20.5 Å². The van der Waals surface area contributed by atoms with E-state index in [-0.39, 0.29) is 11.3 Å². The topological polar surface area (TPSA) is 109 Å². The fourth-order valence-electron chi connectivity index (χ4n) is 4.93. The molecule has 1 fully saturated rings. The van der Waals surface area contributed by atoms with Crippen molar-refractivity contribution in [2.75, 3.05) is 12.4 Å². The summed E-state index contributed by atoms with van der Waals surface area (Å²) in [5.74, 6) is -6.51. The minimum atomic E-state index is -3.11. The molecule has 8 nitrogen and oxygen atoms in total. The Kier molecular flexibility index (Phi) is 6.21. The van der Waals surface area contributed by atoms with E-state index in [1.54, 1.807) is 29.7 Å². The van der Waals surface area contributed by atoms with E-state index in [1.807, 2.05) is 6.92 Å². The van der Waals surface area contributed by atoms with Crippen molar-refractivity contribution in [2.45, 2.75) is 57.5 Å². The van der Waals surface area contributed by atoms with Crippen molar-refractivity contribution < 1.29 is 28.0 Å². The number of fused-ring (bicyclic) bond motifs is 1. The zero-order chi connectivity index (χ0) is 25.7. The second-order valence-electron chi connectivity index (χ2n) is 9.12. The average Bonchev–Trinajstić information content (AvgIpc) is 3.33. The molecule has 1 aliphatic heterocycles. The lowest BCUT2D eigenvalue weighted by molar-refractivity contribution is -0.164. The molecule has 0 radical (unpaired) electrons. The maximum atomic E-state index is 13.6. The maximum Gasteiger partial charge on any atom is 0.294 e. The van der Waals surface area contributed by atoms with E-state index in [2.05, 4.69) is 16.0 Å². The van der Waals surface area contributed by atoms with Crippen molar-refractivity contribution in [1.82, 2.24) is 15.2 Å². The predicted molar refractivity (Wildman–Crippen MR) is 125 cm³/mol. The number of carbonyl (C=O) groups excluding carboxylic acids is 4. The summed E-state index contributed by atoms with van der Waals surface area (Å²) in [7, 11) is 1.27. The van der Waals surface area contributed by atoms with E-state index in [9.17, 15) is 28.0 Å². The van der Waals surface area contributed by atoms with Gasteiger partial charge in [0.2, 0.25) is 5.91 Å². The van der Waals surface area contributed by atoms with Gasteiger partial charge in [0.15, 0.2) is 0 Å². The summed E-state index contributed by atoms with van der Waals surface area (Å²) in [6, 6.07) is 5.09. The first kappa shape index (κ1) is 24.8. The Balaban J connectivity index is 1.62. The number of hydrogen-bond acceptors (Lipinski definition) is 4. The van der Waals surface area contributed by atoms with Crippen LogP contribution in [0.2, 0.25) is 5.02 Å². The number of anilines is 1. The number of ketones is 1. The Morgan fingerprint density at radius 3 is 2.40 bits per heavy atom. The quantitative estimate of drug-likeness (QED) is 0.413. The second kappa shape index (κ2) is 8.75. The van der Waals surface area contributed by atoms with E-state index in [1.165, 1.54) is 7.05 Å². The van der Waals surface area contributed by atoms with Crippen LogP contribution in [0.15, 0.2) is 18.2 Å². The third-order valence-corrected chi connectivity index (χ3v) is 7.03. The highest BCUT2D eigenvalue weighted by atomic mass is 35.5. The molecule has 1 aromatic heterocycles. The third kappa shape index (κ3) is 4.31. The third-order valence-electron chi connectivity index (χ3n) is 6.62. The molecule has 0 atom stereocenters. The summed E-state index contributed by atoms with van der Waals surface area (Å²) < 4.78 is 28.8. The number of nitrogens with zero attached hydrogens (tertiary/aromatic N) is 1. The molecule has 3 amide bonds. The number of rotatable bonds is 6. The van der Waals surface area contributed by atoms with Crippen molar-refractivity contribution in [3.63, 3.8) is 0 Å². The van der Waals surface area contributed by atoms with Crippen molar-refractivity contribution in [1.29, 1.82) is 0 Å². The SMILES string of the molecule is CNC(=O)C1(NC(=O)C(=O)c2c(C)c(C(=O)Nc3ccc(C)c(Cl)c3)c3n2CCC3)CC(F)(F)C1. The molecular weight excluding hydrogens is 482 g/mol. The van der Waals surface area contributed by atoms with Crippen LogP contribution < -0.4 is 16.0 Å². The fraction of sp³-hybridized carbons (Fsp3) is 0.417. The molecule has 1 aliphatic carbocycles. The normalized spacial score (nSPS) is 17.2. The molecule has 0 spiro atoms. The number of carbonyl (C=O) groups is 4. The van der Waals surface area contributed by atoms with Gasteiger partial charge >= 0.3 is 0 Å². The highest BCUT2D eigenvalue weighted by molar-refractivity contribution is 6.43. The van der Waals surface area contributed by atoms with Gasteiger partial charge in [-0.1, -0.05) is 17.7 Å². The van der Waals surface area contributed by atoms with Crippen LogP contribution in [0.25, 0.3) is 0 Å². The van der Waals surface area contributed by atoms with Gasteiger partial charge in [-0.15, -0.1) is 0 Å². The molecule has 0 saturated heterocycles. The molecule has 3 N–H and O–H groups in total. The van der Waals surface area contributed by atoms with Crippen LogP contribution in [0, 0.1) is 13.8 Å². The number of aromatic nitrogens is 1. The molecule has 1 saturated carbocycles. The number of hydrogen-bond donors (Lipinski definition) is 3. The summed E-state index contributed by atoms with van der Waals surface area (Å²) in [5, 5.41) is 7.77.